The molecule has 0 saturated carbocycles. The summed E-state index contributed by atoms with van der Waals surface area (Å²) in [5.74, 6) is 0. The lowest BCUT2D eigenvalue weighted by Crippen LogP contribution is -2.40. The van der Waals surface area contributed by atoms with Crippen LogP contribution in [0, 0.1) is 0 Å². The first kappa shape index (κ1) is 9.49. The molecule has 0 spiro atoms. The lowest BCUT2D eigenvalue weighted by Gasteiger charge is -2.18. The maximum absolute atomic E-state index is 10.9. The molecular formula is C4H8Br2N2O2Si. The van der Waals surface area contributed by atoms with Crippen molar-refractivity contribution < 1.29 is 9.59 Å². The third-order valence-electron chi connectivity index (χ3n) is 1.33. The highest BCUT2D eigenvalue weighted by atomic mass is 79.9. The molecule has 1 aliphatic heterocycles. The van der Waals surface area contributed by atoms with Crippen molar-refractivity contribution in [1.29, 1.82) is 0 Å². The molecule has 1 fully saturated rings. The van der Waals surface area contributed by atoms with Gasteiger partial charge in [-0.15, -0.1) is 0 Å². The second kappa shape index (κ2) is 3.42. The van der Waals surface area contributed by atoms with E-state index >= 15 is 0 Å². The molecule has 1 rings (SSSR count). The second-order valence-corrected chi connectivity index (χ2v) is 15.0. The van der Waals surface area contributed by atoms with Gasteiger partial charge in [-0.25, -0.2) is 4.79 Å². The molecule has 1 saturated heterocycles. The van der Waals surface area contributed by atoms with Crippen molar-refractivity contribution in [2.45, 2.75) is 0 Å². The van der Waals surface area contributed by atoms with Gasteiger partial charge in [0.15, 0.2) is 0 Å². The lowest BCUT2D eigenvalue weighted by molar-refractivity contribution is 0.222. The maximum Gasteiger partial charge on any atom is 0.353 e. The van der Waals surface area contributed by atoms with Crippen LogP contribution in [0.15, 0.2) is 0 Å². The highest BCUT2D eigenvalue weighted by Gasteiger charge is 2.31. The Morgan fingerprint density at radius 2 is 2.36 bits per heavy atom. The molecule has 2 amide bonds. The van der Waals surface area contributed by atoms with Gasteiger partial charge >= 0.3 is 11.6 Å². The Morgan fingerprint density at radius 3 is 2.73 bits per heavy atom. The SMILES string of the molecule is O=C1NCCN1C[Si](O)(Br)Br. The molecule has 64 valence electrons. The van der Waals surface area contributed by atoms with E-state index in [1.807, 2.05) is 0 Å². The van der Waals surface area contributed by atoms with Gasteiger partial charge in [0, 0.05) is 13.1 Å². The largest absolute Gasteiger partial charge is 0.414 e. The van der Waals surface area contributed by atoms with Gasteiger partial charge in [-0.05, 0) is 0 Å². The summed E-state index contributed by atoms with van der Waals surface area (Å²) in [7, 11) is 0. The van der Waals surface area contributed by atoms with Crippen LogP contribution >= 0.6 is 30.6 Å². The monoisotopic (exact) mass is 302 g/mol. The second-order valence-electron chi connectivity index (χ2n) is 2.32. The molecule has 11 heavy (non-hydrogen) atoms. The number of nitrogens with zero attached hydrogens (tertiary/aromatic N) is 1. The minimum absolute atomic E-state index is 0.102. The zero-order chi connectivity index (χ0) is 8.48. The smallest absolute Gasteiger partial charge is 0.353 e. The van der Waals surface area contributed by atoms with Crippen LogP contribution in [0.5, 0.6) is 0 Å². The Labute approximate surface area is 81.2 Å². The molecule has 4 nitrogen and oxygen atoms in total. The standard InChI is InChI=1S/C4H8Br2N2O2Si/c5-11(6,10)3-8-2-1-7-4(8)9/h10H,1-3H2,(H,7,9). The van der Waals surface area contributed by atoms with E-state index in [0.717, 1.165) is 0 Å². The van der Waals surface area contributed by atoms with Crippen molar-refractivity contribution in [3.05, 3.63) is 0 Å². The first-order valence-electron chi connectivity index (χ1n) is 3.12. The highest BCUT2D eigenvalue weighted by Crippen LogP contribution is 2.17. The number of halogens is 2. The number of rotatable bonds is 2. The minimum atomic E-state index is -2.47. The average molecular weight is 304 g/mol. The molecule has 0 radical (unpaired) electrons. The summed E-state index contributed by atoms with van der Waals surface area (Å²) in [6.45, 7) is 1.34. The molecule has 0 aromatic heterocycles. The zero-order valence-corrected chi connectivity index (χ0v) is 9.85. The third-order valence-corrected chi connectivity index (χ3v) is 3.59. The third kappa shape index (κ3) is 3.10. The Kier molecular flexibility index (Phi) is 2.95. The van der Waals surface area contributed by atoms with E-state index in [-0.39, 0.29) is 6.03 Å². The first-order chi connectivity index (χ1) is 4.99. The van der Waals surface area contributed by atoms with E-state index in [9.17, 15) is 9.59 Å². The summed E-state index contributed by atoms with van der Waals surface area (Å²) in [5, 5.41) is 2.65. The van der Waals surface area contributed by atoms with Crippen molar-refractivity contribution in [3.63, 3.8) is 0 Å². The minimum Gasteiger partial charge on any atom is -0.414 e. The van der Waals surface area contributed by atoms with Crippen LogP contribution in [0.4, 0.5) is 4.79 Å². The zero-order valence-electron chi connectivity index (χ0n) is 5.68. The number of amides is 2. The van der Waals surface area contributed by atoms with Crippen LogP contribution in [0.25, 0.3) is 0 Å². The van der Waals surface area contributed by atoms with E-state index in [1.165, 1.54) is 0 Å². The fourth-order valence-corrected chi connectivity index (χ4v) is 3.47. The number of nitrogens with one attached hydrogen (secondary N) is 1. The fourth-order valence-electron chi connectivity index (χ4n) is 0.892. The molecule has 0 aliphatic carbocycles. The Hall–Kier alpha value is 0.407. The number of urea groups is 1. The van der Waals surface area contributed by atoms with Crippen LogP contribution in [0.2, 0.25) is 0 Å². The Balaban J connectivity index is 2.43. The van der Waals surface area contributed by atoms with Gasteiger partial charge < -0.3 is 15.0 Å². The van der Waals surface area contributed by atoms with Gasteiger partial charge in [-0.3, -0.25) is 0 Å². The molecule has 0 unspecified atom stereocenters. The molecule has 1 aliphatic rings. The summed E-state index contributed by atoms with van der Waals surface area (Å²) >= 11 is 6.21. The molecule has 1 heterocycles. The van der Waals surface area contributed by atoms with Crippen LogP contribution in [0.3, 0.4) is 0 Å². The van der Waals surface area contributed by atoms with Crippen molar-refractivity contribution in [2.24, 2.45) is 0 Å². The van der Waals surface area contributed by atoms with Gasteiger partial charge in [-0.1, -0.05) is 30.6 Å². The van der Waals surface area contributed by atoms with Gasteiger partial charge in [0.25, 0.3) is 0 Å². The summed E-state index contributed by atoms with van der Waals surface area (Å²) in [6.07, 6.45) is 0.374. The van der Waals surface area contributed by atoms with E-state index < -0.39 is 5.56 Å². The van der Waals surface area contributed by atoms with Crippen molar-refractivity contribution in [2.75, 3.05) is 19.3 Å². The van der Waals surface area contributed by atoms with Crippen molar-refractivity contribution in [3.8, 4) is 0 Å². The summed E-state index contributed by atoms with van der Waals surface area (Å²) in [6, 6.07) is -0.102. The van der Waals surface area contributed by atoms with Crippen LogP contribution in [-0.2, 0) is 0 Å². The maximum atomic E-state index is 10.9. The number of carbonyl (C=O) groups excluding carboxylic acids is 1. The predicted octanol–water partition coefficient (Wildman–Crippen LogP) is 0.272. The average Bonchev–Trinajstić information content (AvgIpc) is 2.12. The number of carbonyl (C=O) groups is 1. The van der Waals surface area contributed by atoms with E-state index in [2.05, 4.69) is 35.9 Å². The first-order valence-corrected chi connectivity index (χ1v) is 9.79. The molecule has 2 N–H and O–H groups in total. The number of hydrogen-bond acceptors (Lipinski definition) is 2. The van der Waals surface area contributed by atoms with Gasteiger partial charge in [0.1, 0.15) is 0 Å². The van der Waals surface area contributed by atoms with Crippen LogP contribution in [-0.4, -0.2) is 40.5 Å². The van der Waals surface area contributed by atoms with E-state index in [1.54, 1.807) is 4.90 Å². The lowest BCUT2D eigenvalue weighted by atomic mass is 10.7. The van der Waals surface area contributed by atoms with Crippen molar-refractivity contribution in [1.82, 2.24) is 10.2 Å². The van der Waals surface area contributed by atoms with Crippen LogP contribution < -0.4 is 5.32 Å². The van der Waals surface area contributed by atoms with Gasteiger partial charge in [-0.2, -0.15) is 0 Å². The van der Waals surface area contributed by atoms with Gasteiger partial charge in [0.05, 0.1) is 6.17 Å². The highest BCUT2D eigenvalue weighted by molar-refractivity contribution is 9.50. The molecule has 0 bridgehead atoms. The Bertz CT molecular complexity index is 172. The predicted molar refractivity (Wildman–Crippen MR) is 50.8 cm³/mol. The molecular weight excluding hydrogens is 296 g/mol. The summed E-state index contributed by atoms with van der Waals surface area (Å²) < 4.78 is 0. The van der Waals surface area contributed by atoms with Gasteiger partial charge in [0.2, 0.25) is 0 Å². The van der Waals surface area contributed by atoms with Crippen molar-refractivity contribution >= 4 is 42.2 Å². The molecule has 0 aromatic rings. The van der Waals surface area contributed by atoms with E-state index in [4.69, 9.17) is 0 Å². The molecule has 7 heteroatoms. The summed E-state index contributed by atoms with van der Waals surface area (Å²) in [4.78, 5) is 21.9. The topological polar surface area (TPSA) is 52.6 Å². The van der Waals surface area contributed by atoms with Crippen LogP contribution in [0.1, 0.15) is 0 Å². The number of hydrogen-bond donors (Lipinski definition) is 2. The Morgan fingerprint density at radius 1 is 1.73 bits per heavy atom. The van der Waals surface area contributed by atoms with E-state index in [0.29, 0.717) is 19.3 Å². The normalized spacial score (nSPS) is 18.8. The molecule has 0 aromatic carbocycles. The summed E-state index contributed by atoms with van der Waals surface area (Å²) in [5.41, 5.74) is -2.47. The molecule has 0 atom stereocenters. The fraction of sp³-hybridized carbons (Fsp3) is 0.750. The quantitative estimate of drug-likeness (QED) is 0.568.